The van der Waals surface area contributed by atoms with E-state index in [1.807, 2.05) is 18.2 Å². The molecule has 23 heavy (non-hydrogen) atoms. The average molecular weight is 328 g/mol. The lowest BCUT2D eigenvalue weighted by atomic mass is 9.98. The van der Waals surface area contributed by atoms with Crippen LogP contribution < -0.4 is 0 Å². The summed E-state index contributed by atoms with van der Waals surface area (Å²) in [5, 5.41) is 2.12. The molecule has 3 nitrogen and oxygen atoms in total. The molecule has 4 heteroatoms. The summed E-state index contributed by atoms with van der Waals surface area (Å²) in [5.74, 6) is 0.710. The molecule has 0 N–H and O–H groups in total. The highest BCUT2D eigenvalue weighted by Crippen LogP contribution is 2.26. The van der Waals surface area contributed by atoms with Crippen LogP contribution >= 0.6 is 11.8 Å². The molecule has 1 fully saturated rings. The van der Waals surface area contributed by atoms with Crippen LogP contribution in [0.4, 0.5) is 0 Å². The fourth-order valence-corrected chi connectivity index (χ4v) is 4.36. The number of nitrogens with zero attached hydrogens (tertiary/aromatic N) is 2. The second-order valence-corrected chi connectivity index (χ2v) is 7.51. The first kappa shape index (κ1) is 16.3. The summed E-state index contributed by atoms with van der Waals surface area (Å²) in [6.45, 7) is 6.43. The second kappa shape index (κ2) is 6.91. The highest BCUT2D eigenvalue weighted by Gasteiger charge is 2.28. The number of carbonyl (C=O) groups is 1. The number of piperidine rings is 1. The summed E-state index contributed by atoms with van der Waals surface area (Å²) in [6, 6.07) is 11.0. The number of para-hydroxylation sites is 1. The van der Waals surface area contributed by atoms with Crippen molar-refractivity contribution in [3.8, 4) is 0 Å². The Hall–Kier alpha value is -1.55. The largest absolute Gasteiger partial charge is 0.337 e. The highest BCUT2D eigenvalue weighted by atomic mass is 32.2. The van der Waals surface area contributed by atoms with Gasteiger partial charge in [0.1, 0.15) is 0 Å². The lowest BCUT2D eigenvalue weighted by Gasteiger charge is -2.39. The van der Waals surface area contributed by atoms with Crippen molar-refractivity contribution in [2.75, 3.05) is 5.75 Å². The normalized spacial score (nSPS) is 21.6. The van der Waals surface area contributed by atoms with E-state index in [4.69, 9.17) is 0 Å². The monoisotopic (exact) mass is 328 g/mol. The van der Waals surface area contributed by atoms with Crippen molar-refractivity contribution in [2.45, 2.75) is 57.1 Å². The van der Waals surface area contributed by atoms with Crippen LogP contribution in [0.5, 0.6) is 0 Å². The van der Waals surface area contributed by atoms with E-state index in [-0.39, 0.29) is 5.91 Å². The Morgan fingerprint density at radius 3 is 2.70 bits per heavy atom. The SMILES string of the molecule is Cc1cc(SCC(=O)N2[C@@H](C)CCC[C@@H]2C)nc2ccccc12. The van der Waals surface area contributed by atoms with Crippen LogP contribution in [0.25, 0.3) is 10.9 Å². The van der Waals surface area contributed by atoms with E-state index in [9.17, 15) is 4.79 Å². The molecule has 1 amide bonds. The zero-order valence-electron chi connectivity index (χ0n) is 14.1. The molecular formula is C19H24N2OS. The zero-order chi connectivity index (χ0) is 16.4. The minimum Gasteiger partial charge on any atom is -0.337 e. The summed E-state index contributed by atoms with van der Waals surface area (Å²) in [7, 11) is 0. The Kier molecular flexibility index (Phi) is 4.90. The van der Waals surface area contributed by atoms with Crippen molar-refractivity contribution in [3.63, 3.8) is 0 Å². The third-order valence-electron chi connectivity index (χ3n) is 4.72. The van der Waals surface area contributed by atoms with Gasteiger partial charge in [0.2, 0.25) is 5.91 Å². The number of benzene rings is 1. The first-order valence-electron chi connectivity index (χ1n) is 8.36. The van der Waals surface area contributed by atoms with Gasteiger partial charge in [-0.05, 0) is 57.7 Å². The topological polar surface area (TPSA) is 33.2 Å². The number of aryl methyl sites for hydroxylation is 1. The minimum absolute atomic E-state index is 0.238. The Balaban J connectivity index is 1.71. The second-order valence-electron chi connectivity index (χ2n) is 6.51. The quantitative estimate of drug-likeness (QED) is 0.782. The van der Waals surface area contributed by atoms with Gasteiger partial charge in [-0.15, -0.1) is 0 Å². The van der Waals surface area contributed by atoms with E-state index in [0.717, 1.165) is 23.4 Å². The number of pyridine rings is 1. The Morgan fingerprint density at radius 1 is 1.26 bits per heavy atom. The van der Waals surface area contributed by atoms with Crippen molar-refractivity contribution in [1.29, 1.82) is 0 Å². The summed E-state index contributed by atoms with van der Waals surface area (Å²) in [5.41, 5.74) is 2.22. The molecule has 3 rings (SSSR count). The van der Waals surface area contributed by atoms with Gasteiger partial charge in [-0.1, -0.05) is 30.0 Å². The Labute approximate surface area is 142 Å². The third-order valence-corrected chi connectivity index (χ3v) is 5.62. The van der Waals surface area contributed by atoms with Gasteiger partial charge in [0, 0.05) is 17.5 Å². The van der Waals surface area contributed by atoms with Gasteiger partial charge >= 0.3 is 0 Å². The van der Waals surface area contributed by atoms with E-state index < -0.39 is 0 Å². The van der Waals surface area contributed by atoms with Crippen LogP contribution in [0, 0.1) is 6.92 Å². The van der Waals surface area contributed by atoms with Crippen LogP contribution in [0.2, 0.25) is 0 Å². The number of amides is 1. The molecule has 2 atom stereocenters. The molecule has 2 aromatic rings. The number of thioether (sulfide) groups is 1. The van der Waals surface area contributed by atoms with E-state index >= 15 is 0 Å². The smallest absolute Gasteiger partial charge is 0.233 e. The molecule has 1 aliphatic heterocycles. The van der Waals surface area contributed by atoms with Gasteiger partial charge in [0.15, 0.2) is 0 Å². The van der Waals surface area contributed by atoms with E-state index in [1.54, 1.807) is 11.8 Å². The van der Waals surface area contributed by atoms with Gasteiger partial charge in [0.25, 0.3) is 0 Å². The molecule has 1 saturated heterocycles. The predicted molar refractivity (Wildman–Crippen MR) is 96.8 cm³/mol. The molecule has 2 heterocycles. The number of hydrogen-bond donors (Lipinski definition) is 0. The van der Waals surface area contributed by atoms with Crippen LogP contribution in [0.3, 0.4) is 0 Å². The van der Waals surface area contributed by atoms with Crippen molar-refractivity contribution in [2.24, 2.45) is 0 Å². The molecule has 0 saturated carbocycles. The minimum atomic E-state index is 0.238. The van der Waals surface area contributed by atoms with Gasteiger partial charge in [0.05, 0.1) is 16.3 Å². The number of carbonyl (C=O) groups excluding carboxylic acids is 1. The standard InChI is InChI=1S/C19H24N2OS/c1-13-11-18(20-17-10-5-4-9-16(13)17)23-12-19(22)21-14(2)7-6-8-15(21)3/h4-5,9-11,14-15H,6-8,12H2,1-3H3/t14-,15-/m0/s1. The molecule has 0 radical (unpaired) electrons. The Bertz CT molecular complexity index is 706. The van der Waals surface area contributed by atoms with E-state index in [0.29, 0.717) is 17.8 Å². The lowest BCUT2D eigenvalue weighted by molar-refractivity contribution is -0.134. The van der Waals surface area contributed by atoms with Crippen molar-refractivity contribution in [1.82, 2.24) is 9.88 Å². The van der Waals surface area contributed by atoms with Crippen LogP contribution in [0.1, 0.15) is 38.7 Å². The zero-order valence-corrected chi connectivity index (χ0v) is 14.9. The first-order chi connectivity index (χ1) is 11.1. The van der Waals surface area contributed by atoms with Gasteiger partial charge in [-0.3, -0.25) is 4.79 Å². The van der Waals surface area contributed by atoms with Crippen molar-refractivity contribution in [3.05, 3.63) is 35.9 Å². The maximum Gasteiger partial charge on any atom is 0.233 e. The maximum atomic E-state index is 12.6. The van der Waals surface area contributed by atoms with Gasteiger partial charge < -0.3 is 4.90 Å². The van der Waals surface area contributed by atoms with Crippen molar-refractivity contribution < 1.29 is 4.79 Å². The van der Waals surface area contributed by atoms with Crippen LogP contribution in [-0.4, -0.2) is 33.6 Å². The average Bonchev–Trinajstić information content (AvgIpc) is 2.53. The molecular weight excluding hydrogens is 304 g/mol. The maximum absolute atomic E-state index is 12.6. The predicted octanol–water partition coefficient (Wildman–Crippen LogP) is 4.42. The third kappa shape index (κ3) is 3.52. The van der Waals surface area contributed by atoms with Crippen molar-refractivity contribution >= 4 is 28.6 Å². The fourth-order valence-electron chi connectivity index (χ4n) is 3.52. The summed E-state index contributed by atoms with van der Waals surface area (Å²) in [6.07, 6.45) is 3.47. The summed E-state index contributed by atoms with van der Waals surface area (Å²) < 4.78 is 0. The Morgan fingerprint density at radius 2 is 1.96 bits per heavy atom. The molecule has 122 valence electrons. The lowest BCUT2D eigenvalue weighted by Crippen LogP contribution is -2.48. The number of rotatable bonds is 3. The molecule has 1 aromatic heterocycles. The molecule has 1 aliphatic rings. The number of hydrogen-bond acceptors (Lipinski definition) is 3. The number of likely N-dealkylation sites (tertiary alicyclic amines) is 1. The number of fused-ring (bicyclic) bond motifs is 1. The molecule has 0 spiro atoms. The van der Waals surface area contributed by atoms with Crippen LogP contribution in [-0.2, 0) is 4.79 Å². The molecule has 0 unspecified atom stereocenters. The highest BCUT2D eigenvalue weighted by molar-refractivity contribution is 7.99. The molecule has 0 aliphatic carbocycles. The van der Waals surface area contributed by atoms with E-state index in [2.05, 4.69) is 42.8 Å². The van der Waals surface area contributed by atoms with Crippen LogP contribution in [0.15, 0.2) is 35.4 Å². The fraction of sp³-hybridized carbons (Fsp3) is 0.474. The van der Waals surface area contributed by atoms with Gasteiger partial charge in [-0.2, -0.15) is 0 Å². The number of aromatic nitrogens is 1. The molecule has 1 aromatic carbocycles. The van der Waals surface area contributed by atoms with Gasteiger partial charge in [-0.25, -0.2) is 4.98 Å². The molecule has 0 bridgehead atoms. The summed E-state index contributed by atoms with van der Waals surface area (Å²) in [4.78, 5) is 19.4. The van der Waals surface area contributed by atoms with E-state index in [1.165, 1.54) is 17.4 Å². The summed E-state index contributed by atoms with van der Waals surface area (Å²) >= 11 is 1.55. The first-order valence-corrected chi connectivity index (χ1v) is 9.35.